The molecule has 1 saturated carbocycles. The van der Waals surface area contributed by atoms with Crippen LogP contribution in [0.5, 0.6) is 11.5 Å². The van der Waals surface area contributed by atoms with Crippen LogP contribution in [-0.2, 0) is 44.4 Å². The molecule has 5 atom stereocenters. The molecule has 244 valence electrons. The Bertz CT molecular complexity index is 1690. The molecule has 0 amide bonds. The Hall–Kier alpha value is -3.72. The van der Waals surface area contributed by atoms with Crippen molar-refractivity contribution in [2.75, 3.05) is 26.4 Å². The molecule has 0 spiro atoms. The zero-order chi connectivity index (χ0) is 31.8. The molecule has 0 radical (unpaired) electrons. The summed E-state index contributed by atoms with van der Waals surface area (Å²) in [6.07, 6.45) is 2.10. The third-order valence-electron chi connectivity index (χ3n) is 10.3. The predicted molar refractivity (Wildman–Crippen MR) is 176 cm³/mol. The Morgan fingerprint density at radius 2 is 1.47 bits per heavy atom. The zero-order valence-corrected chi connectivity index (χ0v) is 26.8. The zero-order valence-electron chi connectivity index (χ0n) is 26.8. The van der Waals surface area contributed by atoms with E-state index in [-0.39, 0.29) is 19.1 Å². The molecule has 47 heavy (non-hydrogen) atoms. The van der Waals surface area contributed by atoms with Crippen molar-refractivity contribution < 1.29 is 33.5 Å². The largest absolute Gasteiger partial charge is 0.486 e. The van der Waals surface area contributed by atoms with Crippen molar-refractivity contribution in [3.63, 3.8) is 0 Å². The average molecular weight is 635 g/mol. The van der Waals surface area contributed by atoms with Crippen molar-refractivity contribution in [3.05, 3.63) is 130 Å². The number of benzene rings is 4. The third-order valence-corrected chi connectivity index (χ3v) is 10.3. The van der Waals surface area contributed by atoms with Crippen LogP contribution in [-0.4, -0.2) is 49.3 Å². The molecule has 1 aliphatic carbocycles. The molecule has 2 saturated heterocycles. The molecule has 1 N–H and O–H groups in total. The highest BCUT2D eigenvalue weighted by Gasteiger charge is 2.67. The second kappa shape index (κ2) is 12.7. The van der Waals surface area contributed by atoms with Crippen molar-refractivity contribution in [2.24, 2.45) is 5.92 Å². The molecule has 3 fully saturated rings. The predicted octanol–water partition coefficient (Wildman–Crippen LogP) is 6.68. The van der Waals surface area contributed by atoms with Gasteiger partial charge in [-0.3, -0.25) is 0 Å². The first-order valence-corrected chi connectivity index (χ1v) is 16.8. The minimum Gasteiger partial charge on any atom is -0.486 e. The lowest BCUT2D eigenvalue weighted by Gasteiger charge is -2.50. The highest BCUT2D eigenvalue weighted by molar-refractivity contribution is 5.47. The van der Waals surface area contributed by atoms with Gasteiger partial charge in [0, 0.05) is 11.5 Å². The molecule has 0 aromatic heterocycles. The molecule has 4 aromatic rings. The molecule has 4 aliphatic rings. The van der Waals surface area contributed by atoms with Gasteiger partial charge < -0.3 is 33.5 Å². The fourth-order valence-corrected chi connectivity index (χ4v) is 7.41. The lowest BCUT2D eigenvalue weighted by molar-refractivity contribution is -0.336. The van der Waals surface area contributed by atoms with Gasteiger partial charge in [-0.1, -0.05) is 85.8 Å². The Morgan fingerprint density at radius 1 is 0.766 bits per heavy atom. The SMILES string of the molecule is C[C@H]1[C@H](OCc2ccccc2)[C@@H](OCc2ccccc2)[C@@]2(c3ccc(C4CC4)c(Cc4ccc5c(c4)OCCO5)c3)OC[C@]1(CO)O2. The van der Waals surface area contributed by atoms with Crippen molar-refractivity contribution in [3.8, 4) is 11.5 Å². The Balaban J connectivity index is 1.18. The molecule has 4 aromatic carbocycles. The van der Waals surface area contributed by atoms with E-state index < -0.39 is 23.6 Å². The van der Waals surface area contributed by atoms with Crippen LogP contribution in [0, 0.1) is 5.92 Å². The Kier molecular flexibility index (Phi) is 8.28. The lowest BCUT2D eigenvalue weighted by atomic mass is 9.77. The molecular formula is C40H42O7. The van der Waals surface area contributed by atoms with Crippen LogP contribution in [0.15, 0.2) is 97.1 Å². The van der Waals surface area contributed by atoms with E-state index in [4.69, 9.17) is 28.4 Å². The van der Waals surface area contributed by atoms with Crippen molar-refractivity contribution in [2.45, 2.75) is 68.9 Å². The molecule has 8 rings (SSSR count). The number of hydrogen-bond acceptors (Lipinski definition) is 7. The third kappa shape index (κ3) is 5.85. The highest BCUT2D eigenvalue weighted by atomic mass is 16.8. The fraction of sp³-hybridized carbons (Fsp3) is 0.400. The van der Waals surface area contributed by atoms with Crippen LogP contribution in [0.3, 0.4) is 0 Å². The van der Waals surface area contributed by atoms with Crippen molar-refractivity contribution in [1.82, 2.24) is 0 Å². The first-order chi connectivity index (χ1) is 23.1. The molecule has 3 aliphatic heterocycles. The van der Waals surface area contributed by atoms with Crippen LogP contribution in [0.4, 0.5) is 0 Å². The summed E-state index contributed by atoms with van der Waals surface area (Å²) in [6, 6.07) is 33.2. The van der Waals surface area contributed by atoms with Gasteiger partial charge in [-0.25, -0.2) is 0 Å². The quantitative estimate of drug-likeness (QED) is 0.197. The van der Waals surface area contributed by atoms with E-state index in [0.717, 1.165) is 40.2 Å². The second-order valence-corrected chi connectivity index (χ2v) is 13.4. The lowest BCUT2D eigenvalue weighted by Crippen LogP contribution is -2.63. The number of aliphatic hydroxyl groups is 1. The number of fused-ring (bicyclic) bond motifs is 3. The van der Waals surface area contributed by atoms with Crippen LogP contribution < -0.4 is 9.47 Å². The first-order valence-electron chi connectivity index (χ1n) is 16.8. The summed E-state index contributed by atoms with van der Waals surface area (Å²) in [5.74, 6) is 0.666. The van der Waals surface area contributed by atoms with Gasteiger partial charge in [0.05, 0.1) is 32.5 Å². The topological polar surface area (TPSA) is 75.6 Å². The van der Waals surface area contributed by atoms with Gasteiger partial charge in [0.1, 0.15) is 24.9 Å². The van der Waals surface area contributed by atoms with Crippen LogP contribution in [0.2, 0.25) is 0 Å². The summed E-state index contributed by atoms with van der Waals surface area (Å²) in [5, 5.41) is 10.8. The maximum atomic E-state index is 10.8. The van der Waals surface area contributed by atoms with E-state index in [1.807, 2.05) is 42.5 Å². The van der Waals surface area contributed by atoms with E-state index in [0.29, 0.717) is 32.3 Å². The van der Waals surface area contributed by atoms with Crippen LogP contribution >= 0.6 is 0 Å². The maximum absolute atomic E-state index is 10.8. The van der Waals surface area contributed by atoms with Gasteiger partial charge in [0.2, 0.25) is 5.79 Å². The summed E-state index contributed by atoms with van der Waals surface area (Å²) in [4.78, 5) is 0. The molecule has 7 nitrogen and oxygen atoms in total. The van der Waals surface area contributed by atoms with E-state index in [1.165, 1.54) is 24.0 Å². The molecule has 2 bridgehead atoms. The van der Waals surface area contributed by atoms with Crippen molar-refractivity contribution >= 4 is 0 Å². The van der Waals surface area contributed by atoms with Crippen LogP contribution in [0.25, 0.3) is 0 Å². The summed E-state index contributed by atoms with van der Waals surface area (Å²) >= 11 is 0. The van der Waals surface area contributed by atoms with Gasteiger partial charge in [0.15, 0.2) is 11.5 Å². The first kappa shape index (κ1) is 30.6. The smallest absolute Gasteiger partial charge is 0.225 e. The van der Waals surface area contributed by atoms with Gasteiger partial charge in [-0.15, -0.1) is 0 Å². The van der Waals surface area contributed by atoms with E-state index >= 15 is 0 Å². The molecule has 7 heteroatoms. The van der Waals surface area contributed by atoms with Crippen molar-refractivity contribution in [1.29, 1.82) is 0 Å². The highest BCUT2D eigenvalue weighted by Crippen LogP contribution is 2.55. The fourth-order valence-electron chi connectivity index (χ4n) is 7.41. The van der Waals surface area contributed by atoms with Gasteiger partial charge in [0.25, 0.3) is 0 Å². The Morgan fingerprint density at radius 3 is 2.17 bits per heavy atom. The molecule has 3 heterocycles. The Labute approximate surface area is 276 Å². The van der Waals surface area contributed by atoms with E-state index in [9.17, 15) is 5.11 Å². The standard InChI is InChI=1S/C40H42O7/c1-27-37(44-23-28-8-4-2-5-9-28)38(45-24-29-10-6-3-7-11-29)40(46-26-39(27,25-41)47-40)33-15-16-34(31-13-14-31)32(22-33)20-30-12-17-35-36(21-30)43-19-18-42-35/h2-12,15-17,21-22,27,31,37-38,41H,13-14,18-20,23-26H2,1H3/t27-,37-,38+,39-,40-/m0/s1. The van der Waals surface area contributed by atoms with Gasteiger partial charge in [-0.2, -0.15) is 0 Å². The van der Waals surface area contributed by atoms with Crippen LogP contribution in [0.1, 0.15) is 59.1 Å². The summed E-state index contributed by atoms with van der Waals surface area (Å²) in [7, 11) is 0. The molecular weight excluding hydrogens is 592 g/mol. The minimum atomic E-state index is -1.27. The minimum absolute atomic E-state index is 0.184. The number of rotatable bonds is 11. The summed E-state index contributed by atoms with van der Waals surface area (Å²) in [6.45, 7) is 4.04. The maximum Gasteiger partial charge on any atom is 0.225 e. The number of hydrogen-bond donors (Lipinski definition) is 1. The second-order valence-electron chi connectivity index (χ2n) is 13.4. The monoisotopic (exact) mass is 634 g/mol. The van der Waals surface area contributed by atoms with E-state index in [1.54, 1.807) is 0 Å². The number of aliphatic hydroxyl groups excluding tert-OH is 1. The number of ether oxygens (including phenoxy) is 6. The van der Waals surface area contributed by atoms with Gasteiger partial charge in [-0.05, 0) is 71.2 Å². The summed E-state index contributed by atoms with van der Waals surface area (Å²) < 4.78 is 39.1. The average Bonchev–Trinajstić information content (AvgIpc) is 3.90. The molecule has 0 unspecified atom stereocenters. The summed E-state index contributed by atoms with van der Waals surface area (Å²) in [5.41, 5.74) is 5.81. The normalized spacial score (nSPS) is 27.9. The van der Waals surface area contributed by atoms with Gasteiger partial charge >= 0.3 is 0 Å². The van der Waals surface area contributed by atoms with E-state index in [2.05, 4.69) is 61.5 Å².